The summed E-state index contributed by atoms with van der Waals surface area (Å²) >= 11 is 0. The number of nitrogens with two attached hydrogens (primary N) is 1. The molecule has 120 valence electrons. The molecular weight excluding hydrogens is 276 g/mol. The van der Waals surface area contributed by atoms with Crippen LogP contribution >= 0.6 is 0 Å². The molecule has 1 aromatic rings. The molecule has 1 saturated heterocycles. The van der Waals surface area contributed by atoms with E-state index in [0.717, 1.165) is 25.8 Å². The Morgan fingerprint density at radius 2 is 2.23 bits per heavy atom. The first-order valence-corrected chi connectivity index (χ1v) is 8.41. The average molecular weight is 302 g/mol. The van der Waals surface area contributed by atoms with Crippen molar-refractivity contribution < 1.29 is 9.53 Å². The molecule has 4 nitrogen and oxygen atoms in total. The SMILES string of the molecule is CC(N)C1CCCCN1C(=O)CC1OCCc2ccccc21. The van der Waals surface area contributed by atoms with Crippen LogP contribution in [0.4, 0.5) is 0 Å². The van der Waals surface area contributed by atoms with Gasteiger partial charge in [-0.05, 0) is 43.7 Å². The molecule has 4 heteroatoms. The van der Waals surface area contributed by atoms with Gasteiger partial charge in [0, 0.05) is 18.6 Å². The minimum Gasteiger partial charge on any atom is -0.373 e. The summed E-state index contributed by atoms with van der Waals surface area (Å²) in [5.74, 6) is 0.184. The lowest BCUT2D eigenvalue weighted by molar-refractivity contribution is -0.138. The minimum absolute atomic E-state index is 0.0313. The van der Waals surface area contributed by atoms with Gasteiger partial charge in [-0.15, -0.1) is 0 Å². The van der Waals surface area contributed by atoms with Crippen LogP contribution in [-0.4, -0.2) is 36.0 Å². The molecule has 0 saturated carbocycles. The predicted molar refractivity (Wildman–Crippen MR) is 86.5 cm³/mol. The van der Waals surface area contributed by atoms with Crippen molar-refractivity contribution in [3.8, 4) is 0 Å². The highest BCUT2D eigenvalue weighted by molar-refractivity contribution is 5.77. The Morgan fingerprint density at radius 3 is 3.05 bits per heavy atom. The maximum absolute atomic E-state index is 12.8. The Morgan fingerprint density at radius 1 is 1.41 bits per heavy atom. The average Bonchev–Trinajstić information content (AvgIpc) is 2.55. The molecule has 1 amide bonds. The number of fused-ring (bicyclic) bond motifs is 1. The zero-order valence-electron chi connectivity index (χ0n) is 13.3. The van der Waals surface area contributed by atoms with Crippen LogP contribution in [0.25, 0.3) is 0 Å². The molecule has 1 aromatic carbocycles. The van der Waals surface area contributed by atoms with Gasteiger partial charge in [0.1, 0.15) is 0 Å². The quantitative estimate of drug-likeness (QED) is 0.933. The Labute approximate surface area is 132 Å². The number of likely N-dealkylation sites (tertiary alicyclic amines) is 1. The fourth-order valence-corrected chi connectivity index (χ4v) is 3.74. The van der Waals surface area contributed by atoms with Gasteiger partial charge >= 0.3 is 0 Å². The van der Waals surface area contributed by atoms with Crippen molar-refractivity contribution in [2.75, 3.05) is 13.2 Å². The number of rotatable bonds is 3. The summed E-state index contributed by atoms with van der Waals surface area (Å²) in [6.45, 7) is 3.54. The second-order valence-electron chi connectivity index (χ2n) is 6.52. The van der Waals surface area contributed by atoms with Crippen molar-refractivity contribution in [2.45, 2.75) is 57.2 Å². The van der Waals surface area contributed by atoms with E-state index in [-0.39, 0.29) is 24.1 Å². The van der Waals surface area contributed by atoms with Gasteiger partial charge in [0.05, 0.1) is 19.1 Å². The second kappa shape index (κ2) is 6.80. The Bertz CT molecular complexity index is 530. The number of hydrogen-bond donors (Lipinski definition) is 1. The Hall–Kier alpha value is -1.39. The van der Waals surface area contributed by atoms with E-state index in [1.54, 1.807) is 0 Å². The third-order valence-corrected chi connectivity index (χ3v) is 4.93. The number of carbonyl (C=O) groups is 1. The maximum atomic E-state index is 12.8. The van der Waals surface area contributed by atoms with Crippen molar-refractivity contribution >= 4 is 5.91 Å². The van der Waals surface area contributed by atoms with Gasteiger partial charge < -0.3 is 15.4 Å². The summed E-state index contributed by atoms with van der Waals surface area (Å²) in [5, 5.41) is 0. The number of amides is 1. The molecule has 3 atom stereocenters. The van der Waals surface area contributed by atoms with Crippen LogP contribution in [0.5, 0.6) is 0 Å². The molecule has 0 radical (unpaired) electrons. The topological polar surface area (TPSA) is 55.6 Å². The van der Waals surface area contributed by atoms with E-state index >= 15 is 0 Å². The first kappa shape index (κ1) is 15.5. The zero-order valence-corrected chi connectivity index (χ0v) is 13.3. The van der Waals surface area contributed by atoms with E-state index in [1.807, 2.05) is 17.9 Å². The number of carbonyl (C=O) groups excluding carboxylic acids is 1. The van der Waals surface area contributed by atoms with Gasteiger partial charge in [0.25, 0.3) is 0 Å². The van der Waals surface area contributed by atoms with E-state index in [4.69, 9.17) is 10.5 Å². The third kappa shape index (κ3) is 3.18. The van der Waals surface area contributed by atoms with E-state index in [1.165, 1.54) is 17.5 Å². The molecule has 2 N–H and O–H groups in total. The number of nitrogens with zero attached hydrogens (tertiary/aromatic N) is 1. The normalized spacial score (nSPS) is 26.4. The van der Waals surface area contributed by atoms with E-state index in [0.29, 0.717) is 13.0 Å². The lowest BCUT2D eigenvalue weighted by Gasteiger charge is -2.39. The summed E-state index contributed by atoms with van der Waals surface area (Å²) < 4.78 is 5.88. The molecule has 1 fully saturated rings. The summed E-state index contributed by atoms with van der Waals surface area (Å²) in [6, 6.07) is 8.52. The standard InChI is InChI=1S/C18H26N2O2/c1-13(19)16-8-4-5-10-20(16)18(21)12-17-15-7-3-2-6-14(15)9-11-22-17/h2-3,6-7,13,16-17H,4-5,8-12,19H2,1H3. The molecule has 3 unspecified atom stereocenters. The summed E-state index contributed by atoms with van der Waals surface area (Å²) in [7, 11) is 0. The second-order valence-corrected chi connectivity index (χ2v) is 6.52. The molecule has 0 aliphatic carbocycles. The first-order valence-electron chi connectivity index (χ1n) is 8.41. The molecule has 2 heterocycles. The van der Waals surface area contributed by atoms with Crippen molar-refractivity contribution in [1.82, 2.24) is 4.90 Å². The molecule has 22 heavy (non-hydrogen) atoms. The van der Waals surface area contributed by atoms with Gasteiger partial charge in [-0.3, -0.25) is 4.79 Å². The van der Waals surface area contributed by atoms with Crippen LogP contribution in [0.3, 0.4) is 0 Å². The number of piperidine rings is 1. The lowest BCUT2D eigenvalue weighted by atomic mass is 9.93. The maximum Gasteiger partial charge on any atom is 0.225 e. The number of ether oxygens (including phenoxy) is 1. The molecule has 3 rings (SSSR count). The van der Waals surface area contributed by atoms with Gasteiger partial charge in [0.2, 0.25) is 5.91 Å². The van der Waals surface area contributed by atoms with Crippen LogP contribution in [0.1, 0.15) is 49.8 Å². The van der Waals surface area contributed by atoms with E-state index < -0.39 is 0 Å². The number of hydrogen-bond acceptors (Lipinski definition) is 3. The Kier molecular flexibility index (Phi) is 4.79. The predicted octanol–water partition coefficient (Wildman–Crippen LogP) is 2.42. The smallest absolute Gasteiger partial charge is 0.225 e. The van der Waals surface area contributed by atoms with Crippen molar-refractivity contribution in [2.24, 2.45) is 5.73 Å². The first-order chi connectivity index (χ1) is 10.7. The monoisotopic (exact) mass is 302 g/mol. The van der Waals surface area contributed by atoms with E-state index in [2.05, 4.69) is 18.2 Å². The van der Waals surface area contributed by atoms with Crippen LogP contribution in [0.15, 0.2) is 24.3 Å². The van der Waals surface area contributed by atoms with Gasteiger partial charge in [-0.2, -0.15) is 0 Å². The van der Waals surface area contributed by atoms with E-state index in [9.17, 15) is 4.79 Å². The molecule has 2 aliphatic rings. The molecule has 0 spiro atoms. The van der Waals surface area contributed by atoms with Crippen molar-refractivity contribution in [3.05, 3.63) is 35.4 Å². The summed E-state index contributed by atoms with van der Waals surface area (Å²) in [6.07, 6.45) is 4.53. The van der Waals surface area contributed by atoms with Gasteiger partial charge in [-0.25, -0.2) is 0 Å². The third-order valence-electron chi connectivity index (χ3n) is 4.93. The fraction of sp³-hybridized carbons (Fsp3) is 0.611. The Balaban J connectivity index is 1.72. The zero-order chi connectivity index (χ0) is 15.5. The molecule has 0 aromatic heterocycles. The molecule has 2 aliphatic heterocycles. The van der Waals surface area contributed by atoms with Crippen molar-refractivity contribution in [1.29, 1.82) is 0 Å². The van der Waals surface area contributed by atoms with Gasteiger partial charge in [-0.1, -0.05) is 24.3 Å². The highest BCUT2D eigenvalue weighted by Gasteiger charge is 2.32. The molecular formula is C18H26N2O2. The van der Waals surface area contributed by atoms with Crippen LogP contribution in [0.2, 0.25) is 0 Å². The summed E-state index contributed by atoms with van der Waals surface area (Å²) in [4.78, 5) is 14.8. The van der Waals surface area contributed by atoms with Crippen molar-refractivity contribution in [3.63, 3.8) is 0 Å². The minimum atomic E-state index is -0.104. The lowest BCUT2D eigenvalue weighted by Crippen LogP contribution is -2.52. The van der Waals surface area contributed by atoms with Gasteiger partial charge in [0.15, 0.2) is 0 Å². The molecule has 0 bridgehead atoms. The highest BCUT2D eigenvalue weighted by atomic mass is 16.5. The number of benzene rings is 1. The largest absolute Gasteiger partial charge is 0.373 e. The van der Waals surface area contributed by atoms with Crippen LogP contribution in [0, 0.1) is 0 Å². The van der Waals surface area contributed by atoms with Crippen LogP contribution < -0.4 is 5.73 Å². The fourth-order valence-electron chi connectivity index (χ4n) is 3.74. The summed E-state index contributed by atoms with van der Waals surface area (Å²) in [5.41, 5.74) is 8.57. The highest BCUT2D eigenvalue weighted by Crippen LogP contribution is 2.31. The van der Waals surface area contributed by atoms with Crippen LogP contribution in [-0.2, 0) is 16.0 Å².